The summed E-state index contributed by atoms with van der Waals surface area (Å²) in [5, 5.41) is 1.22. The molecule has 0 spiro atoms. The van der Waals surface area contributed by atoms with Crippen LogP contribution in [0.4, 0.5) is 5.82 Å². The molecule has 0 aliphatic carbocycles. The van der Waals surface area contributed by atoms with Crippen LogP contribution in [0, 0.1) is 6.92 Å². The average Bonchev–Trinajstić information content (AvgIpc) is 2.82. The second kappa shape index (κ2) is 3.45. The van der Waals surface area contributed by atoms with E-state index in [0.29, 0.717) is 0 Å². The van der Waals surface area contributed by atoms with Gasteiger partial charge in [-0.15, -0.1) is 11.3 Å². The lowest BCUT2D eigenvalue weighted by Gasteiger charge is -2.16. The van der Waals surface area contributed by atoms with Gasteiger partial charge in [-0.2, -0.15) is 0 Å². The topological polar surface area (TPSA) is 29.0 Å². The van der Waals surface area contributed by atoms with Crippen molar-refractivity contribution in [2.24, 2.45) is 0 Å². The minimum absolute atomic E-state index is 1.12. The monoisotopic (exact) mass is 219 g/mol. The van der Waals surface area contributed by atoms with Crippen LogP contribution in [-0.4, -0.2) is 23.1 Å². The Hall–Kier alpha value is -1.16. The Morgan fingerprint density at radius 1 is 1.27 bits per heavy atom. The zero-order valence-corrected chi connectivity index (χ0v) is 9.55. The van der Waals surface area contributed by atoms with Gasteiger partial charge in [0.2, 0.25) is 0 Å². The lowest BCUT2D eigenvalue weighted by atomic mass is 10.3. The number of hydrogen-bond acceptors (Lipinski definition) is 4. The van der Waals surface area contributed by atoms with E-state index in [9.17, 15) is 0 Å². The van der Waals surface area contributed by atoms with Crippen molar-refractivity contribution >= 4 is 27.4 Å². The first-order chi connectivity index (χ1) is 7.34. The van der Waals surface area contributed by atoms with Crippen LogP contribution in [0.15, 0.2) is 12.4 Å². The van der Waals surface area contributed by atoms with Gasteiger partial charge in [0.1, 0.15) is 17.0 Å². The zero-order chi connectivity index (χ0) is 10.3. The van der Waals surface area contributed by atoms with Crippen molar-refractivity contribution in [2.75, 3.05) is 18.0 Å². The highest BCUT2D eigenvalue weighted by molar-refractivity contribution is 7.18. The Morgan fingerprint density at radius 3 is 2.87 bits per heavy atom. The zero-order valence-electron chi connectivity index (χ0n) is 8.73. The van der Waals surface area contributed by atoms with Crippen LogP contribution in [0.3, 0.4) is 0 Å². The van der Waals surface area contributed by atoms with Gasteiger partial charge in [0.15, 0.2) is 0 Å². The minimum atomic E-state index is 1.12. The summed E-state index contributed by atoms with van der Waals surface area (Å²) in [6.07, 6.45) is 4.26. The van der Waals surface area contributed by atoms with Gasteiger partial charge in [0, 0.05) is 18.0 Å². The number of rotatable bonds is 1. The lowest BCUT2D eigenvalue weighted by Crippen LogP contribution is -2.19. The second-order valence-electron chi connectivity index (χ2n) is 3.97. The van der Waals surface area contributed by atoms with Crippen LogP contribution in [0.1, 0.15) is 17.7 Å². The van der Waals surface area contributed by atoms with E-state index < -0.39 is 0 Å². The second-order valence-corrected chi connectivity index (χ2v) is 5.20. The Kier molecular flexibility index (Phi) is 2.09. The lowest BCUT2D eigenvalue weighted by molar-refractivity contribution is 0.940. The molecule has 0 unspecified atom stereocenters. The Labute approximate surface area is 92.8 Å². The first-order valence-electron chi connectivity index (χ1n) is 5.31. The molecule has 1 saturated heterocycles. The molecular formula is C11H13N3S. The summed E-state index contributed by atoms with van der Waals surface area (Å²) in [5.74, 6) is 1.13. The molecule has 0 atom stereocenters. The first-order valence-corrected chi connectivity index (χ1v) is 6.12. The third-order valence-electron chi connectivity index (χ3n) is 2.84. The van der Waals surface area contributed by atoms with Crippen molar-refractivity contribution in [1.82, 2.24) is 9.97 Å². The molecule has 1 aliphatic rings. The van der Waals surface area contributed by atoms with Crippen LogP contribution < -0.4 is 4.90 Å². The summed E-state index contributed by atoms with van der Waals surface area (Å²) in [5.41, 5.74) is 0. The third kappa shape index (κ3) is 1.49. The first kappa shape index (κ1) is 9.09. The maximum Gasteiger partial charge on any atom is 0.140 e. The van der Waals surface area contributed by atoms with Crippen molar-refractivity contribution in [3.05, 3.63) is 17.3 Å². The maximum absolute atomic E-state index is 4.42. The van der Waals surface area contributed by atoms with Crippen molar-refractivity contribution in [2.45, 2.75) is 19.8 Å². The molecule has 1 fully saturated rings. The molecule has 3 nitrogen and oxygen atoms in total. The highest BCUT2D eigenvalue weighted by atomic mass is 32.1. The molecule has 2 aromatic heterocycles. The van der Waals surface area contributed by atoms with Crippen LogP contribution >= 0.6 is 11.3 Å². The smallest absolute Gasteiger partial charge is 0.140 e. The predicted octanol–water partition coefficient (Wildman–Crippen LogP) is 2.60. The Balaban J connectivity index is 2.16. The summed E-state index contributed by atoms with van der Waals surface area (Å²) in [4.78, 5) is 13.5. The van der Waals surface area contributed by atoms with E-state index in [1.54, 1.807) is 17.7 Å². The fourth-order valence-corrected chi connectivity index (χ4v) is 2.99. The maximum atomic E-state index is 4.42. The average molecular weight is 219 g/mol. The van der Waals surface area contributed by atoms with Crippen LogP contribution in [0.5, 0.6) is 0 Å². The van der Waals surface area contributed by atoms with Crippen LogP contribution in [0.2, 0.25) is 0 Å². The van der Waals surface area contributed by atoms with Gasteiger partial charge < -0.3 is 4.90 Å². The van der Waals surface area contributed by atoms with Gasteiger partial charge in [-0.1, -0.05) is 0 Å². The standard InChI is InChI=1S/C11H13N3S/c1-8-6-9-10(14-4-2-3-5-14)12-7-13-11(9)15-8/h6-7H,2-5H2,1H3. The largest absolute Gasteiger partial charge is 0.356 e. The number of hydrogen-bond donors (Lipinski definition) is 0. The molecular weight excluding hydrogens is 206 g/mol. The molecule has 0 radical (unpaired) electrons. The fourth-order valence-electron chi connectivity index (χ4n) is 2.14. The SMILES string of the molecule is Cc1cc2c(N3CCCC3)ncnc2s1. The van der Waals surface area contributed by atoms with Gasteiger partial charge in [-0.05, 0) is 25.8 Å². The summed E-state index contributed by atoms with van der Waals surface area (Å²) < 4.78 is 0. The van der Waals surface area contributed by atoms with Gasteiger partial charge >= 0.3 is 0 Å². The predicted molar refractivity (Wildman–Crippen MR) is 63.6 cm³/mol. The van der Waals surface area contributed by atoms with E-state index in [-0.39, 0.29) is 0 Å². The van der Waals surface area contributed by atoms with E-state index in [1.807, 2.05) is 0 Å². The highest BCUT2D eigenvalue weighted by Crippen LogP contribution is 2.31. The third-order valence-corrected chi connectivity index (χ3v) is 3.80. The molecule has 15 heavy (non-hydrogen) atoms. The Bertz CT molecular complexity index is 486. The summed E-state index contributed by atoms with van der Waals surface area (Å²) in [6.45, 7) is 4.40. The van der Waals surface area contributed by atoms with Gasteiger partial charge in [-0.3, -0.25) is 0 Å². The molecule has 78 valence electrons. The molecule has 2 aromatic rings. The van der Waals surface area contributed by atoms with E-state index in [1.165, 1.54) is 23.1 Å². The molecule has 0 bridgehead atoms. The van der Waals surface area contributed by atoms with E-state index in [4.69, 9.17) is 0 Å². The van der Waals surface area contributed by atoms with E-state index >= 15 is 0 Å². The number of nitrogens with zero attached hydrogens (tertiary/aromatic N) is 3. The van der Waals surface area contributed by atoms with Gasteiger partial charge in [0.05, 0.1) is 5.39 Å². The summed E-state index contributed by atoms with van der Waals surface area (Å²) in [7, 11) is 0. The van der Waals surface area contributed by atoms with Crippen LogP contribution in [-0.2, 0) is 0 Å². The molecule has 0 N–H and O–H groups in total. The molecule has 3 heterocycles. The Morgan fingerprint density at radius 2 is 2.07 bits per heavy atom. The van der Waals surface area contributed by atoms with Crippen molar-refractivity contribution < 1.29 is 0 Å². The van der Waals surface area contributed by atoms with E-state index in [2.05, 4.69) is 27.9 Å². The normalized spacial score (nSPS) is 16.5. The quantitative estimate of drug-likeness (QED) is 0.738. The number of aryl methyl sites for hydroxylation is 1. The van der Waals surface area contributed by atoms with Crippen LogP contribution in [0.25, 0.3) is 10.2 Å². The minimum Gasteiger partial charge on any atom is -0.356 e. The van der Waals surface area contributed by atoms with Crippen molar-refractivity contribution in [3.63, 3.8) is 0 Å². The molecule has 0 aromatic carbocycles. The van der Waals surface area contributed by atoms with Crippen molar-refractivity contribution in [1.29, 1.82) is 0 Å². The molecule has 1 aliphatic heterocycles. The van der Waals surface area contributed by atoms with Gasteiger partial charge in [-0.25, -0.2) is 9.97 Å². The highest BCUT2D eigenvalue weighted by Gasteiger charge is 2.17. The summed E-state index contributed by atoms with van der Waals surface area (Å²) in [6, 6.07) is 2.20. The van der Waals surface area contributed by atoms with Gasteiger partial charge in [0.25, 0.3) is 0 Å². The van der Waals surface area contributed by atoms with E-state index in [0.717, 1.165) is 23.7 Å². The number of thiophene rings is 1. The number of aromatic nitrogens is 2. The molecule has 0 saturated carbocycles. The number of anilines is 1. The molecule has 4 heteroatoms. The van der Waals surface area contributed by atoms with Crippen molar-refractivity contribution in [3.8, 4) is 0 Å². The summed E-state index contributed by atoms with van der Waals surface area (Å²) >= 11 is 1.75. The molecule has 0 amide bonds. The molecule has 3 rings (SSSR count). The fraction of sp³-hybridized carbons (Fsp3) is 0.455. The number of fused-ring (bicyclic) bond motifs is 1.